The van der Waals surface area contributed by atoms with Crippen molar-refractivity contribution < 1.29 is 13.2 Å². The predicted octanol–water partition coefficient (Wildman–Crippen LogP) is -0.614. The molecule has 0 spiro atoms. The molecule has 0 aromatic carbocycles. The van der Waals surface area contributed by atoms with E-state index < -0.39 is 9.84 Å². The van der Waals surface area contributed by atoms with Crippen LogP contribution in [0.25, 0.3) is 0 Å². The van der Waals surface area contributed by atoms with E-state index in [2.05, 4.69) is 5.32 Å². The molecule has 0 aromatic rings. The summed E-state index contributed by atoms with van der Waals surface area (Å²) in [6.45, 7) is 2.30. The summed E-state index contributed by atoms with van der Waals surface area (Å²) in [7, 11) is -2.90. The van der Waals surface area contributed by atoms with Crippen molar-refractivity contribution in [1.29, 1.82) is 0 Å². The molecule has 2 aliphatic rings. The lowest BCUT2D eigenvalue weighted by Gasteiger charge is -2.30. The van der Waals surface area contributed by atoms with Gasteiger partial charge in [-0.05, 0) is 19.4 Å². The Balaban J connectivity index is 2.03. The first-order valence-corrected chi connectivity index (χ1v) is 7.61. The van der Waals surface area contributed by atoms with Crippen LogP contribution in [0.4, 0.5) is 0 Å². The summed E-state index contributed by atoms with van der Waals surface area (Å²) in [5, 5.41) is 3.18. The van der Waals surface area contributed by atoms with Crippen LogP contribution in [0.2, 0.25) is 0 Å². The molecule has 92 valence electrons. The van der Waals surface area contributed by atoms with Crippen LogP contribution in [0, 0.1) is 0 Å². The van der Waals surface area contributed by atoms with Gasteiger partial charge in [0.05, 0.1) is 11.5 Å². The number of carbonyl (C=O) groups is 1. The maximum Gasteiger partial charge on any atom is 0.224 e. The Labute approximate surface area is 96.1 Å². The molecule has 2 rings (SSSR count). The average molecular weight is 246 g/mol. The van der Waals surface area contributed by atoms with Crippen LogP contribution in [0.15, 0.2) is 0 Å². The van der Waals surface area contributed by atoms with Crippen molar-refractivity contribution in [3.8, 4) is 0 Å². The highest BCUT2D eigenvalue weighted by molar-refractivity contribution is 7.91. The number of amides is 1. The average Bonchev–Trinajstić information content (AvgIpc) is 2.53. The molecule has 6 heteroatoms. The molecule has 5 nitrogen and oxygen atoms in total. The van der Waals surface area contributed by atoms with Gasteiger partial charge in [-0.1, -0.05) is 0 Å². The van der Waals surface area contributed by atoms with Gasteiger partial charge in [-0.25, -0.2) is 8.42 Å². The molecule has 0 aromatic heterocycles. The Morgan fingerprint density at radius 2 is 2.12 bits per heavy atom. The van der Waals surface area contributed by atoms with Crippen molar-refractivity contribution >= 4 is 15.7 Å². The standard InChI is InChI=1S/C10H18N2O3S/c13-10-2-5-11-4-1-6-12(10)9-3-7-16(14,15)8-9/h9,11H,1-8H2. The molecule has 1 atom stereocenters. The van der Waals surface area contributed by atoms with Gasteiger partial charge in [0.1, 0.15) is 0 Å². The molecule has 0 bridgehead atoms. The molecule has 0 radical (unpaired) electrons. The minimum atomic E-state index is -2.90. The van der Waals surface area contributed by atoms with E-state index in [9.17, 15) is 13.2 Å². The molecular formula is C10H18N2O3S. The lowest BCUT2D eigenvalue weighted by Crippen LogP contribution is -2.45. The van der Waals surface area contributed by atoms with Crippen LogP contribution in [-0.4, -0.2) is 56.4 Å². The summed E-state index contributed by atoms with van der Waals surface area (Å²) < 4.78 is 22.8. The fourth-order valence-electron chi connectivity index (χ4n) is 2.37. The Hall–Kier alpha value is -0.620. The molecule has 2 fully saturated rings. The fraction of sp³-hybridized carbons (Fsp3) is 0.900. The van der Waals surface area contributed by atoms with Crippen LogP contribution in [0.5, 0.6) is 0 Å². The first-order chi connectivity index (χ1) is 7.58. The topological polar surface area (TPSA) is 66.5 Å². The Morgan fingerprint density at radius 1 is 1.31 bits per heavy atom. The van der Waals surface area contributed by atoms with Crippen LogP contribution in [0.1, 0.15) is 19.3 Å². The van der Waals surface area contributed by atoms with E-state index in [1.807, 2.05) is 0 Å². The van der Waals surface area contributed by atoms with E-state index in [1.54, 1.807) is 4.90 Å². The molecule has 1 unspecified atom stereocenters. The number of hydrogen-bond acceptors (Lipinski definition) is 4. The van der Waals surface area contributed by atoms with Crippen molar-refractivity contribution in [1.82, 2.24) is 10.2 Å². The van der Waals surface area contributed by atoms with Crippen molar-refractivity contribution in [2.24, 2.45) is 0 Å². The van der Waals surface area contributed by atoms with E-state index in [1.165, 1.54) is 0 Å². The molecule has 2 saturated heterocycles. The van der Waals surface area contributed by atoms with Crippen LogP contribution >= 0.6 is 0 Å². The van der Waals surface area contributed by atoms with E-state index >= 15 is 0 Å². The van der Waals surface area contributed by atoms with Crippen molar-refractivity contribution in [3.05, 3.63) is 0 Å². The summed E-state index contributed by atoms with van der Waals surface area (Å²) in [5.74, 6) is 0.487. The summed E-state index contributed by atoms with van der Waals surface area (Å²) >= 11 is 0. The van der Waals surface area contributed by atoms with E-state index in [0.29, 0.717) is 25.9 Å². The van der Waals surface area contributed by atoms with Crippen LogP contribution < -0.4 is 5.32 Å². The second kappa shape index (κ2) is 4.71. The molecule has 16 heavy (non-hydrogen) atoms. The summed E-state index contributed by atoms with van der Waals surface area (Å²) in [4.78, 5) is 13.6. The normalized spacial score (nSPS) is 31.1. The SMILES string of the molecule is O=C1CCNCCCN1C1CCS(=O)(=O)C1. The molecule has 2 heterocycles. The molecule has 0 saturated carbocycles. The minimum Gasteiger partial charge on any atom is -0.339 e. The highest BCUT2D eigenvalue weighted by Crippen LogP contribution is 2.19. The number of hydrogen-bond donors (Lipinski definition) is 1. The van der Waals surface area contributed by atoms with Gasteiger partial charge in [0, 0.05) is 25.6 Å². The predicted molar refractivity (Wildman–Crippen MR) is 60.9 cm³/mol. The van der Waals surface area contributed by atoms with E-state index in [0.717, 1.165) is 13.0 Å². The Kier molecular flexibility index (Phi) is 3.49. The van der Waals surface area contributed by atoms with Gasteiger partial charge < -0.3 is 10.2 Å². The largest absolute Gasteiger partial charge is 0.339 e. The molecule has 1 amide bonds. The number of carbonyl (C=O) groups excluding carboxylic acids is 1. The smallest absolute Gasteiger partial charge is 0.224 e. The number of nitrogens with one attached hydrogen (secondary N) is 1. The van der Waals surface area contributed by atoms with Gasteiger partial charge in [0.25, 0.3) is 0 Å². The number of nitrogens with zero attached hydrogens (tertiary/aromatic N) is 1. The zero-order valence-electron chi connectivity index (χ0n) is 9.31. The van der Waals surface area contributed by atoms with Crippen molar-refractivity contribution in [2.45, 2.75) is 25.3 Å². The third-order valence-corrected chi connectivity index (χ3v) is 4.99. The maximum atomic E-state index is 11.9. The van der Waals surface area contributed by atoms with E-state index in [4.69, 9.17) is 0 Å². The molecular weight excluding hydrogens is 228 g/mol. The quantitative estimate of drug-likeness (QED) is 0.670. The lowest BCUT2D eigenvalue weighted by atomic mass is 10.1. The third-order valence-electron chi connectivity index (χ3n) is 3.24. The van der Waals surface area contributed by atoms with Gasteiger partial charge in [-0.3, -0.25) is 4.79 Å². The van der Waals surface area contributed by atoms with Crippen LogP contribution in [-0.2, 0) is 14.6 Å². The summed E-state index contributed by atoms with van der Waals surface area (Å²) in [6, 6.07) is -0.0735. The number of sulfone groups is 1. The van der Waals surface area contributed by atoms with Gasteiger partial charge in [0.2, 0.25) is 5.91 Å². The zero-order valence-corrected chi connectivity index (χ0v) is 10.1. The molecule has 1 N–H and O–H groups in total. The van der Waals surface area contributed by atoms with E-state index in [-0.39, 0.29) is 23.5 Å². The Morgan fingerprint density at radius 3 is 2.81 bits per heavy atom. The third kappa shape index (κ3) is 2.74. The van der Waals surface area contributed by atoms with Gasteiger partial charge >= 0.3 is 0 Å². The second-order valence-electron chi connectivity index (χ2n) is 4.50. The first kappa shape index (κ1) is 11.9. The van der Waals surface area contributed by atoms with Crippen LogP contribution in [0.3, 0.4) is 0 Å². The van der Waals surface area contributed by atoms with Gasteiger partial charge in [0.15, 0.2) is 9.84 Å². The highest BCUT2D eigenvalue weighted by atomic mass is 32.2. The van der Waals surface area contributed by atoms with Crippen molar-refractivity contribution in [2.75, 3.05) is 31.1 Å². The fourth-order valence-corrected chi connectivity index (χ4v) is 4.10. The lowest BCUT2D eigenvalue weighted by molar-refractivity contribution is -0.133. The van der Waals surface area contributed by atoms with Gasteiger partial charge in [-0.15, -0.1) is 0 Å². The maximum absolute atomic E-state index is 11.9. The zero-order chi connectivity index (χ0) is 11.6. The van der Waals surface area contributed by atoms with Gasteiger partial charge in [-0.2, -0.15) is 0 Å². The Bertz CT molecular complexity index is 366. The number of rotatable bonds is 1. The molecule has 0 aliphatic carbocycles. The molecule has 2 aliphatic heterocycles. The monoisotopic (exact) mass is 246 g/mol. The van der Waals surface area contributed by atoms with Crippen molar-refractivity contribution in [3.63, 3.8) is 0 Å². The first-order valence-electron chi connectivity index (χ1n) is 5.79. The second-order valence-corrected chi connectivity index (χ2v) is 6.73. The highest BCUT2D eigenvalue weighted by Gasteiger charge is 2.34. The summed E-state index contributed by atoms with van der Waals surface area (Å²) in [5.41, 5.74) is 0. The minimum absolute atomic E-state index is 0.0735. The summed E-state index contributed by atoms with van der Waals surface area (Å²) in [6.07, 6.45) is 2.00.